The molecule has 0 aliphatic heterocycles. The zero-order valence-corrected chi connectivity index (χ0v) is 13.1. The molecule has 0 saturated carbocycles. The van der Waals surface area contributed by atoms with Crippen LogP contribution in [-0.2, 0) is 4.79 Å². The highest BCUT2D eigenvalue weighted by molar-refractivity contribution is 8.00. The van der Waals surface area contributed by atoms with Crippen LogP contribution in [0, 0.1) is 13.8 Å². The fourth-order valence-electron chi connectivity index (χ4n) is 1.89. The molecule has 0 fully saturated rings. The number of likely N-dealkylation sites (N-methyl/N-ethyl adjacent to an activating group) is 1. The van der Waals surface area contributed by atoms with Crippen molar-refractivity contribution >= 4 is 17.7 Å². The largest absolute Gasteiger partial charge is 0.338 e. The Balaban J connectivity index is 2.60. The third kappa shape index (κ3) is 5.11. The Bertz CT molecular complexity index is 468. The van der Waals surface area contributed by atoms with Crippen LogP contribution in [-0.4, -0.2) is 29.6 Å². The first kappa shape index (κ1) is 15.8. The van der Waals surface area contributed by atoms with Crippen molar-refractivity contribution in [3.8, 4) is 0 Å². The zero-order valence-electron chi connectivity index (χ0n) is 12.3. The van der Waals surface area contributed by atoms with Gasteiger partial charge in [-0.05, 0) is 39.3 Å². The molecule has 3 heteroatoms. The quantitative estimate of drug-likeness (QED) is 0.582. The van der Waals surface area contributed by atoms with Crippen molar-refractivity contribution in [3.63, 3.8) is 0 Å². The molecule has 0 atom stereocenters. The van der Waals surface area contributed by atoms with Gasteiger partial charge < -0.3 is 4.90 Å². The van der Waals surface area contributed by atoms with E-state index in [1.54, 1.807) is 11.8 Å². The fraction of sp³-hybridized carbons (Fsp3) is 0.438. The van der Waals surface area contributed by atoms with E-state index >= 15 is 0 Å². The SMILES string of the molecule is C=C(C)CN(CC)C(=O)CSc1ccc(C)cc1C. The van der Waals surface area contributed by atoms with Gasteiger partial charge in [0.25, 0.3) is 0 Å². The number of hydrogen-bond acceptors (Lipinski definition) is 2. The topological polar surface area (TPSA) is 20.3 Å². The highest BCUT2D eigenvalue weighted by Gasteiger charge is 2.12. The molecule has 0 saturated heterocycles. The summed E-state index contributed by atoms with van der Waals surface area (Å²) in [5, 5.41) is 0. The summed E-state index contributed by atoms with van der Waals surface area (Å²) in [5.74, 6) is 0.667. The first-order valence-corrected chi connectivity index (χ1v) is 7.54. The third-order valence-electron chi connectivity index (χ3n) is 2.88. The lowest BCUT2D eigenvalue weighted by atomic mass is 10.2. The smallest absolute Gasteiger partial charge is 0.233 e. The number of thioether (sulfide) groups is 1. The minimum atomic E-state index is 0.176. The van der Waals surface area contributed by atoms with Crippen molar-refractivity contribution in [3.05, 3.63) is 41.5 Å². The van der Waals surface area contributed by atoms with Crippen molar-refractivity contribution in [2.45, 2.75) is 32.6 Å². The Morgan fingerprint density at radius 1 is 1.37 bits per heavy atom. The van der Waals surface area contributed by atoms with Gasteiger partial charge in [0.1, 0.15) is 0 Å². The highest BCUT2D eigenvalue weighted by Crippen LogP contribution is 2.23. The number of aryl methyl sites for hydroxylation is 2. The number of amides is 1. The van der Waals surface area contributed by atoms with E-state index in [4.69, 9.17) is 0 Å². The molecular weight excluding hydrogens is 254 g/mol. The summed E-state index contributed by atoms with van der Waals surface area (Å²) in [5.41, 5.74) is 3.51. The molecular formula is C16H23NOS. The lowest BCUT2D eigenvalue weighted by molar-refractivity contribution is -0.127. The molecule has 0 spiro atoms. The lowest BCUT2D eigenvalue weighted by Gasteiger charge is -2.21. The van der Waals surface area contributed by atoms with Crippen LogP contribution in [0.15, 0.2) is 35.2 Å². The van der Waals surface area contributed by atoms with Gasteiger partial charge in [-0.15, -0.1) is 11.8 Å². The standard InChI is InChI=1S/C16H23NOS/c1-6-17(10-12(2)3)16(18)11-19-15-8-7-13(4)9-14(15)5/h7-9H,2,6,10-11H2,1,3-5H3. The normalized spacial score (nSPS) is 10.3. The van der Waals surface area contributed by atoms with Gasteiger partial charge in [-0.2, -0.15) is 0 Å². The molecule has 0 unspecified atom stereocenters. The molecule has 104 valence electrons. The Morgan fingerprint density at radius 2 is 2.05 bits per heavy atom. The molecule has 1 amide bonds. The van der Waals surface area contributed by atoms with Gasteiger partial charge in [0.2, 0.25) is 5.91 Å². The molecule has 0 radical (unpaired) electrons. The summed E-state index contributed by atoms with van der Waals surface area (Å²) < 4.78 is 0. The van der Waals surface area contributed by atoms with E-state index < -0.39 is 0 Å². The van der Waals surface area contributed by atoms with Gasteiger partial charge in [0.15, 0.2) is 0 Å². The number of hydrogen-bond donors (Lipinski definition) is 0. The van der Waals surface area contributed by atoms with Crippen LogP contribution < -0.4 is 0 Å². The molecule has 0 aliphatic rings. The maximum Gasteiger partial charge on any atom is 0.233 e. The molecule has 1 rings (SSSR count). The summed E-state index contributed by atoms with van der Waals surface area (Å²) >= 11 is 1.61. The average molecular weight is 277 g/mol. The van der Waals surface area contributed by atoms with Gasteiger partial charge in [-0.25, -0.2) is 0 Å². The molecule has 0 N–H and O–H groups in total. The number of rotatable bonds is 6. The van der Waals surface area contributed by atoms with Crippen LogP contribution in [0.3, 0.4) is 0 Å². The maximum absolute atomic E-state index is 12.1. The first-order valence-electron chi connectivity index (χ1n) is 6.56. The van der Waals surface area contributed by atoms with Crippen molar-refractivity contribution in [1.29, 1.82) is 0 Å². The molecule has 0 aliphatic carbocycles. The fourth-order valence-corrected chi connectivity index (χ4v) is 2.81. The van der Waals surface area contributed by atoms with E-state index in [2.05, 4.69) is 38.6 Å². The van der Waals surface area contributed by atoms with Crippen LogP contribution in [0.1, 0.15) is 25.0 Å². The second-order valence-electron chi connectivity index (χ2n) is 4.92. The molecule has 1 aromatic carbocycles. The van der Waals surface area contributed by atoms with E-state index in [-0.39, 0.29) is 5.91 Å². The van der Waals surface area contributed by atoms with Crippen molar-refractivity contribution < 1.29 is 4.79 Å². The summed E-state index contributed by atoms with van der Waals surface area (Å²) in [4.78, 5) is 15.2. The summed E-state index contributed by atoms with van der Waals surface area (Å²) in [6, 6.07) is 6.33. The molecule has 2 nitrogen and oxygen atoms in total. The van der Waals surface area contributed by atoms with Crippen LogP contribution in [0.25, 0.3) is 0 Å². The van der Waals surface area contributed by atoms with E-state index in [0.29, 0.717) is 12.3 Å². The van der Waals surface area contributed by atoms with Crippen molar-refractivity contribution in [1.82, 2.24) is 4.90 Å². The Hall–Kier alpha value is -1.22. The number of carbonyl (C=O) groups excluding carboxylic acids is 1. The van der Waals surface area contributed by atoms with Gasteiger partial charge in [-0.1, -0.05) is 29.8 Å². The van der Waals surface area contributed by atoms with E-state index in [1.807, 2.05) is 18.7 Å². The van der Waals surface area contributed by atoms with Gasteiger partial charge in [0, 0.05) is 18.0 Å². The summed E-state index contributed by atoms with van der Waals surface area (Å²) in [6.07, 6.45) is 0. The second-order valence-corrected chi connectivity index (χ2v) is 5.94. The average Bonchev–Trinajstić information content (AvgIpc) is 2.34. The Morgan fingerprint density at radius 3 is 2.58 bits per heavy atom. The number of benzene rings is 1. The first-order chi connectivity index (χ1) is 8.93. The molecule has 1 aromatic rings. The molecule has 0 aromatic heterocycles. The van der Waals surface area contributed by atoms with Gasteiger partial charge >= 0.3 is 0 Å². The van der Waals surface area contributed by atoms with E-state index in [1.165, 1.54) is 16.0 Å². The Kier molecular flexibility index (Phi) is 6.16. The maximum atomic E-state index is 12.1. The summed E-state index contributed by atoms with van der Waals surface area (Å²) in [7, 11) is 0. The Labute approximate surface area is 120 Å². The number of carbonyl (C=O) groups is 1. The minimum absolute atomic E-state index is 0.176. The second kappa shape index (κ2) is 7.39. The summed E-state index contributed by atoms with van der Waals surface area (Å²) in [6.45, 7) is 13.4. The van der Waals surface area contributed by atoms with Crippen molar-refractivity contribution in [2.24, 2.45) is 0 Å². The van der Waals surface area contributed by atoms with Crippen LogP contribution in [0.4, 0.5) is 0 Å². The van der Waals surface area contributed by atoms with Crippen LogP contribution >= 0.6 is 11.8 Å². The number of nitrogens with zero attached hydrogens (tertiary/aromatic N) is 1. The van der Waals surface area contributed by atoms with Crippen LogP contribution in [0.2, 0.25) is 0 Å². The monoisotopic (exact) mass is 277 g/mol. The third-order valence-corrected chi connectivity index (χ3v) is 4.04. The zero-order chi connectivity index (χ0) is 14.4. The van der Waals surface area contributed by atoms with E-state index in [0.717, 1.165) is 12.1 Å². The van der Waals surface area contributed by atoms with Gasteiger partial charge in [-0.3, -0.25) is 4.79 Å². The van der Waals surface area contributed by atoms with Crippen molar-refractivity contribution in [2.75, 3.05) is 18.8 Å². The molecule has 19 heavy (non-hydrogen) atoms. The molecule has 0 bridgehead atoms. The van der Waals surface area contributed by atoms with Gasteiger partial charge in [0.05, 0.1) is 5.75 Å². The minimum Gasteiger partial charge on any atom is -0.338 e. The van der Waals surface area contributed by atoms with Crippen LogP contribution in [0.5, 0.6) is 0 Å². The molecule has 0 heterocycles. The predicted octanol–water partition coefficient (Wildman–Crippen LogP) is 3.82. The predicted molar refractivity (Wildman–Crippen MR) is 83.7 cm³/mol. The highest BCUT2D eigenvalue weighted by atomic mass is 32.2. The lowest BCUT2D eigenvalue weighted by Crippen LogP contribution is -2.33. The van der Waals surface area contributed by atoms with E-state index in [9.17, 15) is 4.79 Å².